The van der Waals surface area contributed by atoms with E-state index in [1.165, 1.54) is 18.2 Å². The fourth-order valence-electron chi connectivity index (χ4n) is 3.05. The predicted octanol–water partition coefficient (Wildman–Crippen LogP) is 4.66. The summed E-state index contributed by atoms with van der Waals surface area (Å²) < 4.78 is 33.9. The number of methoxy groups -OCH3 is 1. The number of hydrogen-bond donors (Lipinski definition) is 0. The van der Waals surface area contributed by atoms with Crippen LogP contribution in [0.3, 0.4) is 0 Å². The van der Waals surface area contributed by atoms with E-state index in [2.05, 4.69) is 21.0 Å². The smallest absolute Gasteiger partial charge is 0.216 e. The van der Waals surface area contributed by atoms with Crippen LogP contribution in [0.4, 0.5) is 0 Å². The van der Waals surface area contributed by atoms with E-state index in [-0.39, 0.29) is 9.80 Å². The lowest BCUT2D eigenvalue weighted by atomic mass is 10.1. The van der Waals surface area contributed by atoms with Crippen molar-refractivity contribution in [2.75, 3.05) is 7.11 Å². The summed E-state index contributed by atoms with van der Waals surface area (Å²) >= 11 is 3.52. The fourth-order valence-corrected chi connectivity index (χ4v) is 4.51. The largest absolute Gasteiger partial charge is 0.496 e. The first-order valence-electron chi connectivity index (χ1n) is 9.06. The van der Waals surface area contributed by atoms with Crippen LogP contribution in [0.5, 0.6) is 5.75 Å². The molecular formula is C22H20BrN3O3S. The van der Waals surface area contributed by atoms with Crippen LogP contribution in [0.15, 0.2) is 62.8 Å². The lowest BCUT2D eigenvalue weighted by Gasteiger charge is -2.11. The minimum atomic E-state index is -3.90. The molecule has 0 atom stereocenters. The monoisotopic (exact) mass is 485 g/mol. The van der Waals surface area contributed by atoms with E-state index in [4.69, 9.17) is 4.74 Å². The van der Waals surface area contributed by atoms with Gasteiger partial charge in [0, 0.05) is 5.56 Å². The highest BCUT2D eigenvalue weighted by molar-refractivity contribution is 9.10. The number of nitrogens with zero attached hydrogens (tertiary/aromatic N) is 3. The van der Waals surface area contributed by atoms with Crippen molar-refractivity contribution in [2.24, 2.45) is 0 Å². The quantitative estimate of drug-likeness (QED) is 0.474. The first kappa shape index (κ1) is 21.8. The van der Waals surface area contributed by atoms with Gasteiger partial charge in [0.15, 0.2) is 0 Å². The number of aryl methyl sites for hydroxylation is 1. The molecule has 0 radical (unpaired) electrons. The zero-order valence-corrected chi connectivity index (χ0v) is 19.2. The van der Waals surface area contributed by atoms with Crippen LogP contribution in [0.2, 0.25) is 0 Å². The number of aromatic nitrogens is 2. The van der Waals surface area contributed by atoms with E-state index in [1.807, 2.05) is 24.6 Å². The molecule has 0 amide bonds. The summed E-state index contributed by atoms with van der Waals surface area (Å²) in [7, 11) is -2.33. The Balaban J connectivity index is 2.03. The molecule has 0 aliphatic rings. The maximum absolute atomic E-state index is 12.8. The van der Waals surface area contributed by atoms with Crippen molar-refractivity contribution in [3.05, 3.63) is 80.4 Å². The Kier molecular flexibility index (Phi) is 6.44. The molecule has 0 spiro atoms. The van der Waals surface area contributed by atoms with Crippen molar-refractivity contribution in [3.8, 4) is 11.8 Å². The molecule has 6 nitrogen and oxygen atoms in total. The summed E-state index contributed by atoms with van der Waals surface area (Å²) in [5, 5.41) is 14.0. The average molecular weight is 486 g/mol. The van der Waals surface area contributed by atoms with Gasteiger partial charge in [0.2, 0.25) is 9.84 Å². The second kappa shape index (κ2) is 8.86. The number of benzene rings is 2. The summed E-state index contributed by atoms with van der Waals surface area (Å²) in [4.78, 5) is -0.238. The Morgan fingerprint density at radius 1 is 1.23 bits per heavy atom. The molecule has 0 fully saturated rings. The van der Waals surface area contributed by atoms with Gasteiger partial charge in [-0.25, -0.2) is 8.42 Å². The number of sulfone groups is 1. The summed E-state index contributed by atoms with van der Waals surface area (Å²) in [5.41, 5.74) is 3.25. The SMILES string of the molecule is COc1ccc(/C=C(\C#N)S(=O)(=O)c2ccccc2)cc1Cn1nc(C)c(Br)c1C. The Labute approximate surface area is 184 Å². The van der Waals surface area contributed by atoms with Crippen LogP contribution in [0.1, 0.15) is 22.5 Å². The van der Waals surface area contributed by atoms with Crippen molar-refractivity contribution >= 4 is 31.8 Å². The molecule has 0 N–H and O–H groups in total. The maximum atomic E-state index is 12.8. The molecule has 1 aromatic heterocycles. The summed E-state index contributed by atoms with van der Waals surface area (Å²) in [6, 6.07) is 15.0. The highest BCUT2D eigenvalue weighted by Crippen LogP contribution is 2.27. The van der Waals surface area contributed by atoms with Crippen molar-refractivity contribution in [3.63, 3.8) is 0 Å². The number of rotatable bonds is 6. The summed E-state index contributed by atoms with van der Waals surface area (Å²) in [6.07, 6.45) is 1.38. The topological polar surface area (TPSA) is 85.0 Å². The lowest BCUT2D eigenvalue weighted by molar-refractivity contribution is 0.407. The fraction of sp³-hybridized carbons (Fsp3) is 0.182. The Morgan fingerprint density at radius 3 is 2.50 bits per heavy atom. The molecule has 1 heterocycles. The van der Waals surface area contributed by atoms with Crippen LogP contribution in [0.25, 0.3) is 6.08 Å². The maximum Gasteiger partial charge on any atom is 0.216 e. The van der Waals surface area contributed by atoms with Crippen molar-refractivity contribution in [1.82, 2.24) is 9.78 Å². The molecule has 8 heteroatoms. The second-order valence-corrected chi connectivity index (χ2v) is 9.36. The molecule has 0 aliphatic carbocycles. The summed E-state index contributed by atoms with van der Waals surface area (Å²) in [6.45, 7) is 4.31. The average Bonchev–Trinajstić information content (AvgIpc) is 2.99. The van der Waals surface area contributed by atoms with Crippen LogP contribution in [0, 0.1) is 25.2 Å². The number of ether oxygens (including phenoxy) is 1. The van der Waals surface area contributed by atoms with Crippen LogP contribution >= 0.6 is 15.9 Å². The minimum absolute atomic E-state index is 0.0824. The van der Waals surface area contributed by atoms with Gasteiger partial charge in [0.05, 0.1) is 34.4 Å². The Hall–Kier alpha value is -2.89. The van der Waals surface area contributed by atoms with Crippen molar-refractivity contribution in [2.45, 2.75) is 25.3 Å². The third-order valence-electron chi connectivity index (χ3n) is 4.67. The standard InChI is InChI=1S/C22H20BrN3O3S/c1-15-22(23)16(2)26(25-15)14-18-11-17(9-10-21(18)29-3)12-20(13-24)30(27,28)19-7-5-4-6-8-19/h4-12H,14H2,1-3H3/b20-12+. The molecule has 3 aromatic rings. The van der Waals surface area contributed by atoms with Gasteiger partial charge in [0.1, 0.15) is 16.7 Å². The highest BCUT2D eigenvalue weighted by Gasteiger charge is 2.20. The highest BCUT2D eigenvalue weighted by atomic mass is 79.9. The van der Waals surface area contributed by atoms with E-state index in [9.17, 15) is 13.7 Å². The van der Waals surface area contributed by atoms with Gasteiger partial charge in [-0.1, -0.05) is 24.3 Å². The first-order valence-corrected chi connectivity index (χ1v) is 11.3. The predicted molar refractivity (Wildman–Crippen MR) is 119 cm³/mol. The lowest BCUT2D eigenvalue weighted by Crippen LogP contribution is -2.06. The molecule has 0 aliphatic heterocycles. The Morgan fingerprint density at radius 2 is 1.93 bits per heavy atom. The molecule has 0 unspecified atom stereocenters. The zero-order chi connectivity index (χ0) is 21.9. The number of nitriles is 1. The van der Waals surface area contributed by atoms with E-state index in [1.54, 1.807) is 43.5 Å². The molecule has 0 saturated carbocycles. The van der Waals surface area contributed by atoms with Gasteiger partial charge in [-0.3, -0.25) is 4.68 Å². The van der Waals surface area contributed by atoms with E-state index >= 15 is 0 Å². The molecule has 2 aromatic carbocycles. The molecular weight excluding hydrogens is 466 g/mol. The molecule has 154 valence electrons. The Bertz CT molecular complexity index is 1260. The molecule has 3 rings (SSSR count). The normalized spacial score (nSPS) is 11.9. The van der Waals surface area contributed by atoms with Crippen molar-refractivity contribution < 1.29 is 13.2 Å². The third kappa shape index (κ3) is 4.32. The van der Waals surface area contributed by atoms with Gasteiger partial charge in [-0.05, 0) is 65.7 Å². The molecule has 30 heavy (non-hydrogen) atoms. The van der Waals surface area contributed by atoms with Crippen molar-refractivity contribution in [1.29, 1.82) is 5.26 Å². The van der Waals surface area contributed by atoms with Gasteiger partial charge in [0.25, 0.3) is 0 Å². The van der Waals surface area contributed by atoms with Gasteiger partial charge < -0.3 is 4.74 Å². The zero-order valence-electron chi connectivity index (χ0n) is 16.8. The van der Waals surface area contributed by atoms with Crippen LogP contribution in [-0.4, -0.2) is 25.3 Å². The van der Waals surface area contributed by atoms with E-state index in [0.29, 0.717) is 17.9 Å². The number of allylic oxidation sites excluding steroid dienone is 1. The summed E-state index contributed by atoms with van der Waals surface area (Å²) in [5.74, 6) is 0.653. The first-order chi connectivity index (χ1) is 14.3. The van der Waals surface area contributed by atoms with Gasteiger partial charge in [-0.15, -0.1) is 0 Å². The van der Waals surface area contributed by atoms with Gasteiger partial charge in [-0.2, -0.15) is 10.4 Å². The van der Waals surface area contributed by atoms with E-state index < -0.39 is 9.84 Å². The number of halogens is 1. The number of hydrogen-bond acceptors (Lipinski definition) is 5. The second-order valence-electron chi connectivity index (χ2n) is 6.65. The minimum Gasteiger partial charge on any atom is -0.496 e. The van der Waals surface area contributed by atoms with Crippen LogP contribution in [-0.2, 0) is 16.4 Å². The van der Waals surface area contributed by atoms with Crippen LogP contribution < -0.4 is 4.74 Å². The van der Waals surface area contributed by atoms with Gasteiger partial charge >= 0.3 is 0 Å². The van der Waals surface area contributed by atoms with E-state index in [0.717, 1.165) is 21.4 Å². The molecule has 0 bridgehead atoms. The third-order valence-corrected chi connectivity index (χ3v) is 7.50. The molecule has 0 saturated heterocycles.